The summed E-state index contributed by atoms with van der Waals surface area (Å²) in [5, 5.41) is 10.0. The molecule has 106 valence electrons. The van der Waals surface area contributed by atoms with Gasteiger partial charge in [-0.15, -0.1) is 0 Å². The molecule has 0 aromatic heterocycles. The SMILES string of the molecule is C[C@H]1CCCN(C[C@@H](O)COc2ccc(Br)cc2)C1. The fourth-order valence-electron chi connectivity index (χ4n) is 2.53. The molecule has 1 N–H and O–H groups in total. The van der Waals surface area contributed by atoms with Crippen molar-refractivity contribution in [1.82, 2.24) is 4.90 Å². The molecule has 3 nitrogen and oxygen atoms in total. The standard InChI is InChI=1S/C15H22BrNO2/c1-12-3-2-8-17(9-12)10-14(18)11-19-15-6-4-13(16)5-7-15/h4-7,12,14,18H,2-3,8-11H2,1H3/t12-,14+/m0/s1. The summed E-state index contributed by atoms with van der Waals surface area (Å²) in [5.41, 5.74) is 0. The van der Waals surface area contributed by atoms with Crippen molar-refractivity contribution in [2.24, 2.45) is 5.92 Å². The summed E-state index contributed by atoms with van der Waals surface area (Å²) in [7, 11) is 0. The molecule has 0 saturated carbocycles. The minimum absolute atomic E-state index is 0.354. The maximum absolute atomic E-state index is 10.0. The molecule has 1 aliphatic heterocycles. The number of piperidine rings is 1. The first-order valence-electron chi connectivity index (χ1n) is 6.92. The number of likely N-dealkylation sites (tertiary alicyclic amines) is 1. The van der Waals surface area contributed by atoms with Gasteiger partial charge in [0, 0.05) is 17.6 Å². The maximum Gasteiger partial charge on any atom is 0.119 e. The van der Waals surface area contributed by atoms with E-state index >= 15 is 0 Å². The Balaban J connectivity index is 1.72. The number of hydrogen-bond acceptors (Lipinski definition) is 3. The molecule has 2 rings (SSSR count). The van der Waals surface area contributed by atoms with Crippen LogP contribution in [-0.2, 0) is 0 Å². The quantitative estimate of drug-likeness (QED) is 0.902. The number of nitrogens with zero attached hydrogens (tertiary/aromatic N) is 1. The van der Waals surface area contributed by atoms with E-state index in [1.54, 1.807) is 0 Å². The number of halogens is 1. The van der Waals surface area contributed by atoms with Gasteiger partial charge in [0.25, 0.3) is 0 Å². The van der Waals surface area contributed by atoms with Crippen molar-refractivity contribution in [2.45, 2.75) is 25.9 Å². The highest BCUT2D eigenvalue weighted by molar-refractivity contribution is 9.10. The smallest absolute Gasteiger partial charge is 0.119 e. The first-order chi connectivity index (χ1) is 9.13. The summed E-state index contributed by atoms with van der Waals surface area (Å²) in [6.07, 6.45) is 2.12. The largest absolute Gasteiger partial charge is 0.491 e. The van der Waals surface area contributed by atoms with Crippen LogP contribution in [0.1, 0.15) is 19.8 Å². The minimum Gasteiger partial charge on any atom is -0.491 e. The molecule has 0 bridgehead atoms. The molecule has 0 aliphatic carbocycles. The molecule has 0 spiro atoms. The lowest BCUT2D eigenvalue weighted by Crippen LogP contribution is -2.41. The second-order valence-electron chi connectivity index (χ2n) is 5.43. The third-order valence-electron chi connectivity index (χ3n) is 3.47. The van der Waals surface area contributed by atoms with Crippen LogP contribution in [-0.4, -0.2) is 42.4 Å². The van der Waals surface area contributed by atoms with Gasteiger partial charge in [-0.25, -0.2) is 0 Å². The van der Waals surface area contributed by atoms with E-state index in [0.717, 1.165) is 29.2 Å². The Bertz CT molecular complexity index is 382. The maximum atomic E-state index is 10.0. The Labute approximate surface area is 123 Å². The van der Waals surface area contributed by atoms with E-state index in [1.807, 2.05) is 24.3 Å². The zero-order valence-corrected chi connectivity index (χ0v) is 13.0. The van der Waals surface area contributed by atoms with Gasteiger partial charge in [0.2, 0.25) is 0 Å². The van der Waals surface area contributed by atoms with Crippen molar-refractivity contribution in [3.05, 3.63) is 28.7 Å². The predicted molar refractivity (Wildman–Crippen MR) is 80.5 cm³/mol. The van der Waals surface area contributed by atoms with E-state index in [9.17, 15) is 5.11 Å². The van der Waals surface area contributed by atoms with Crippen LogP contribution < -0.4 is 4.74 Å². The summed E-state index contributed by atoms with van der Waals surface area (Å²) in [6.45, 7) is 5.53. The normalized spacial score (nSPS) is 22.2. The lowest BCUT2D eigenvalue weighted by molar-refractivity contribution is 0.0537. The van der Waals surface area contributed by atoms with Crippen LogP contribution in [0.5, 0.6) is 5.75 Å². The lowest BCUT2D eigenvalue weighted by atomic mass is 10.0. The van der Waals surface area contributed by atoms with Gasteiger partial charge in [0.05, 0.1) is 0 Å². The van der Waals surface area contributed by atoms with E-state index in [4.69, 9.17) is 4.74 Å². The van der Waals surface area contributed by atoms with Crippen LogP contribution in [0, 0.1) is 5.92 Å². The second-order valence-corrected chi connectivity index (χ2v) is 6.34. The lowest BCUT2D eigenvalue weighted by Gasteiger charge is -2.32. The van der Waals surface area contributed by atoms with Gasteiger partial charge in [-0.3, -0.25) is 0 Å². The Hall–Kier alpha value is -0.580. The number of ether oxygens (including phenoxy) is 1. The molecule has 0 unspecified atom stereocenters. The molecule has 4 heteroatoms. The average molecular weight is 328 g/mol. The van der Waals surface area contributed by atoms with E-state index in [-0.39, 0.29) is 0 Å². The van der Waals surface area contributed by atoms with Gasteiger partial charge < -0.3 is 14.7 Å². The zero-order chi connectivity index (χ0) is 13.7. The molecule has 0 radical (unpaired) electrons. The molecule has 2 atom stereocenters. The van der Waals surface area contributed by atoms with Gasteiger partial charge >= 0.3 is 0 Å². The van der Waals surface area contributed by atoms with Gasteiger partial charge in [0.15, 0.2) is 0 Å². The molecular weight excluding hydrogens is 306 g/mol. The second kappa shape index (κ2) is 7.27. The predicted octanol–water partition coefficient (Wildman–Crippen LogP) is 2.92. The van der Waals surface area contributed by atoms with E-state index in [0.29, 0.717) is 13.2 Å². The molecule has 1 aromatic carbocycles. The van der Waals surface area contributed by atoms with Crippen molar-refractivity contribution in [3.63, 3.8) is 0 Å². The van der Waals surface area contributed by atoms with Crippen LogP contribution in [0.3, 0.4) is 0 Å². The van der Waals surface area contributed by atoms with Crippen molar-refractivity contribution in [1.29, 1.82) is 0 Å². The van der Waals surface area contributed by atoms with Crippen molar-refractivity contribution in [3.8, 4) is 5.75 Å². The Morgan fingerprint density at radius 3 is 2.84 bits per heavy atom. The van der Waals surface area contributed by atoms with Crippen molar-refractivity contribution >= 4 is 15.9 Å². The fraction of sp³-hybridized carbons (Fsp3) is 0.600. The molecule has 1 heterocycles. The topological polar surface area (TPSA) is 32.7 Å². The average Bonchev–Trinajstić information content (AvgIpc) is 2.38. The summed E-state index contributed by atoms with van der Waals surface area (Å²) in [6, 6.07) is 7.68. The first-order valence-corrected chi connectivity index (χ1v) is 7.71. The minimum atomic E-state index is -0.422. The molecular formula is C15H22BrNO2. The summed E-state index contributed by atoms with van der Waals surface area (Å²) >= 11 is 3.39. The highest BCUT2D eigenvalue weighted by Gasteiger charge is 2.19. The highest BCUT2D eigenvalue weighted by atomic mass is 79.9. The number of benzene rings is 1. The Morgan fingerprint density at radius 1 is 1.42 bits per heavy atom. The van der Waals surface area contributed by atoms with Gasteiger partial charge in [-0.1, -0.05) is 22.9 Å². The van der Waals surface area contributed by atoms with Gasteiger partial charge in [-0.2, -0.15) is 0 Å². The molecule has 1 aliphatic rings. The van der Waals surface area contributed by atoms with Gasteiger partial charge in [-0.05, 0) is 49.6 Å². The van der Waals surface area contributed by atoms with Crippen LogP contribution in [0.25, 0.3) is 0 Å². The van der Waals surface area contributed by atoms with Crippen molar-refractivity contribution < 1.29 is 9.84 Å². The van der Waals surface area contributed by atoms with Crippen LogP contribution >= 0.6 is 15.9 Å². The first kappa shape index (κ1) is 14.8. The van der Waals surface area contributed by atoms with Crippen LogP contribution in [0.15, 0.2) is 28.7 Å². The van der Waals surface area contributed by atoms with Crippen LogP contribution in [0.2, 0.25) is 0 Å². The van der Waals surface area contributed by atoms with E-state index < -0.39 is 6.10 Å². The highest BCUT2D eigenvalue weighted by Crippen LogP contribution is 2.17. The number of hydrogen-bond donors (Lipinski definition) is 1. The third-order valence-corrected chi connectivity index (χ3v) is 3.99. The number of β-amino-alcohol motifs (C(OH)–C–C–N with tert-alkyl or cyclic N) is 1. The Morgan fingerprint density at radius 2 is 2.16 bits per heavy atom. The van der Waals surface area contributed by atoms with Gasteiger partial charge in [0.1, 0.15) is 18.5 Å². The fourth-order valence-corrected chi connectivity index (χ4v) is 2.79. The van der Waals surface area contributed by atoms with Crippen molar-refractivity contribution in [2.75, 3.05) is 26.2 Å². The number of aliphatic hydroxyl groups is 1. The summed E-state index contributed by atoms with van der Waals surface area (Å²) in [4.78, 5) is 2.34. The monoisotopic (exact) mass is 327 g/mol. The molecule has 19 heavy (non-hydrogen) atoms. The molecule has 1 fully saturated rings. The molecule has 1 aromatic rings. The van der Waals surface area contributed by atoms with Crippen LogP contribution in [0.4, 0.5) is 0 Å². The molecule has 1 saturated heterocycles. The van der Waals surface area contributed by atoms with E-state index in [2.05, 4.69) is 27.8 Å². The zero-order valence-electron chi connectivity index (χ0n) is 11.4. The Kier molecular flexibility index (Phi) is 5.67. The van der Waals surface area contributed by atoms with E-state index in [1.165, 1.54) is 12.8 Å². The number of rotatable bonds is 5. The summed E-state index contributed by atoms with van der Waals surface area (Å²) in [5.74, 6) is 1.54. The molecule has 0 amide bonds. The number of aliphatic hydroxyl groups excluding tert-OH is 1. The third kappa shape index (κ3) is 5.13. The summed E-state index contributed by atoms with van der Waals surface area (Å²) < 4.78 is 6.62.